The highest BCUT2D eigenvalue weighted by molar-refractivity contribution is 6.36. The highest BCUT2D eigenvalue weighted by Gasteiger charge is 2.20. The van der Waals surface area contributed by atoms with Crippen LogP contribution in [0.3, 0.4) is 0 Å². The zero-order valence-corrected chi connectivity index (χ0v) is 11.5. The first-order valence-corrected chi connectivity index (χ1v) is 6.09. The lowest BCUT2D eigenvalue weighted by Crippen LogP contribution is -2.05. The van der Waals surface area contributed by atoms with Crippen LogP contribution in [0.25, 0.3) is 11.1 Å². The molecular weight excluding hydrogens is 297 g/mol. The third-order valence-electron chi connectivity index (χ3n) is 2.68. The van der Waals surface area contributed by atoms with E-state index in [9.17, 15) is 10.5 Å². The topological polar surface area (TPSA) is 113 Å². The molecule has 0 bridgehead atoms. The molecule has 0 spiro atoms. The fourth-order valence-electron chi connectivity index (χ4n) is 1.81. The molecule has 0 aliphatic rings. The minimum Gasteiger partial charge on any atom is -0.383 e. The fraction of sp³-hybridized carbons (Fsp3) is 0. The largest absolute Gasteiger partial charge is 0.383 e. The Hall–Kier alpha value is -2.47. The standard InChI is InChI=1S/C13H7Cl2N5/c14-6-1-2-7(10(15)3-6)11-8(4-16)12(18)20-13(19)9(11)5-17/h1-3H,(H4,18,19,20). The van der Waals surface area contributed by atoms with E-state index in [-0.39, 0.29) is 33.3 Å². The quantitative estimate of drug-likeness (QED) is 0.841. The molecule has 7 heteroatoms. The van der Waals surface area contributed by atoms with Gasteiger partial charge in [0.1, 0.15) is 34.9 Å². The van der Waals surface area contributed by atoms with E-state index in [0.717, 1.165) is 0 Å². The minimum absolute atomic E-state index is 0.0509. The highest BCUT2D eigenvalue weighted by atomic mass is 35.5. The van der Waals surface area contributed by atoms with E-state index >= 15 is 0 Å². The number of rotatable bonds is 1. The average molecular weight is 304 g/mol. The number of nitrogens with zero attached hydrogens (tertiary/aromatic N) is 3. The van der Waals surface area contributed by atoms with E-state index < -0.39 is 0 Å². The van der Waals surface area contributed by atoms with Crippen LogP contribution >= 0.6 is 23.2 Å². The Morgan fingerprint density at radius 1 is 1.00 bits per heavy atom. The molecule has 0 aliphatic carbocycles. The molecule has 1 heterocycles. The zero-order chi connectivity index (χ0) is 14.9. The van der Waals surface area contributed by atoms with Crippen molar-refractivity contribution in [3.8, 4) is 23.3 Å². The van der Waals surface area contributed by atoms with Gasteiger partial charge in [-0.05, 0) is 12.1 Å². The summed E-state index contributed by atoms with van der Waals surface area (Å²) in [7, 11) is 0. The van der Waals surface area contributed by atoms with Crippen molar-refractivity contribution in [2.45, 2.75) is 0 Å². The smallest absolute Gasteiger partial charge is 0.144 e. The van der Waals surface area contributed by atoms with Gasteiger partial charge >= 0.3 is 0 Å². The Balaban J connectivity index is 2.93. The van der Waals surface area contributed by atoms with Gasteiger partial charge < -0.3 is 11.5 Å². The van der Waals surface area contributed by atoms with Gasteiger partial charge in [-0.15, -0.1) is 0 Å². The van der Waals surface area contributed by atoms with Gasteiger partial charge in [-0.2, -0.15) is 10.5 Å². The summed E-state index contributed by atoms with van der Waals surface area (Å²) in [5, 5.41) is 19.2. The molecule has 2 aromatic rings. The van der Waals surface area contributed by atoms with Gasteiger partial charge in [-0.1, -0.05) is 29.3 Å². The molecule has 2 rings (SSSR count). The summed E-state index contributed by atoms with van der Waals surface area (Å²) in [6.07, 6.45) is 0. The van der Waals surface area contributed by atoms with Crippen molar-refractivity contribution >= 4 is 34.8 Å². The normalized spacial score (nSPS) is 9.80. The van der Waals surface area contributed by atoms with Crippen molar-refractivity contribution < 1.29 is 0 Å². The monoisotopic (exact) mass is 303 g/mol. The number of halogens is 2. The van der Waals surface area contributed by atoms with Crippen molar-refractivity contribution in [2.24, 2.45) is 0 Å². The number of nitrogens with two attached hydrogens (primary N) is 2. The molecule has 0 saturated heterocycles. The molecular formula is C13H7Cl2N5. The van der Waals surface area contributed by atoms with E-state index in [1.807, 2.05) is 12.1 Å². The molecule has 0 amide bonds. The first kappa shape index (κ1) is 14.0. The lowest BCUT2D eigenvalue weighted by molar-refractivity contribution is 1.29. The van der Waals surface area contributed by atoms with Crippen LogP contribution in [0, 0.1) is 22.7 Å². The predicted molar refractivity (Wildman–Crippen MR) is 77.9 cm³/mol. The van der Waals surface area contributed by atoms with Gasteiger partial charge in [0.05, 0.1) is 0 Å². The van der Waals surface area contributed by atoms with E-state index in [2.05, 4.69) is 4.98 Å². The van der Waals surface area contributed by atoms with E-state index in [4.69, 9.17) is 34.7 Å². The summed E-state index contributed by atoms with van der Waals surface area (Å²) < 4.78 is 0. The second kappa shape index (κ2) is 5.26. The lowest BCUT2D eigenvalue weighted by atomic mass is 9.96. The first-order chi connectivity index (χ1) is 9.49. The third kappa shape index (κ3) is 2.21. The van der Waals surface area contributed by atoms with Crippen LogP contribution in [0.2, 0.25) is 10.0 Å². The summed E-state index contributed by atoms with van der Waals surface area (Å²) >= 11 is 12.0. The van der Waals surface area contributed by atoms with Gasteiger partial charge in [0.2, 0.25) is 0 Å². The molecule has 1 aromatic heterocycles. The molecule has 5 nitrogen and oxygen atoms in total. The van der Waals surface area contributed by atoms with Crippen LogP contribution in [-0.2, 0) is 0 Å². The number of anilines is 2. The van der Waals surface area contributed by atoms with Crippen molar-refractivity contribution in [3.05, 3.63) is 39.4 Å². The number of hydrogen-bond acceptors (Lipinski definition) is 5. The van der Waals surface area contributed by atoms with Gasteiger partial charge in [0.25, 0.3) is 0 Å². The zero-order valence-electron chi connectivity index (χ0n) is 9.98. The predicted octanol–water partition coefficient (Wildman–Crippen LogP) is 2.96. The van der Waals surface area contributed by atoms with Gasteiger partial charge in [0.15, 0.2) is 0 Å². The molecule has 1 aromatic carbocycles. The molecule has 0 atom stereocenters. The maximum atomic E-state index is 9.23. The molecule has 20 heavy (non-hydrogen) atoms. The van der Waals surface area contributed by atoms with Crippen LogP contribution in [0.15, 0.2) is 18.2 Å². The Bertz CT molecular complexity index is 749. The van der Waals surface area contributed by atoms with Crippen molar-refractivity contribution in [1.82, 2.24) is 4.98 Å². The van der Waals surface area contributed by atoms with Gasteiger partial charge in [0, 0.05) is 21.2 Å². The molecule has 0 radical (unpaired) electrons. The van der Waals surface area contributed by atoms with Crippen LogP contribution in [0.5, 0.6) is 0 Å². The maximum absolute atomic E-state index is 9.23. The number of aromatic nitrogens is 1. The van der Waals surface area contributed by atoms with Crippen LogP contribution in [-0.4, -0.2) is 4.98 Å². The van der Waals surface area contributed by atoms with Gasteiger partial charge in [-0.25, -0.2) is 4.98 Å². The van der Waals surface area contributed by atoms with Gasteiger partial charge in [-0.3, -0.25) is 0 Å². The highest BCUT2D eigenvalue weighted by Crippen LogP contribution is 2.37. The maximum Gasteiger partial charge on any atom is 0.144 e. The number of nitriles is 2. The minimum atomic E-state index is -0.0509. The summed E-state index contributed by atoms with van der Waals surface area (Å²) in [4.78, 5) is 3.79. The van der Waals surface area contributed by atoms with Crippen LogP contribution in [0.1, 0.15) is 11.1 Å². The molecule has 0 fully saturated rings. The third-order valence-corrected chi connectivity index (χ3v) is 3.23. The summed E-state index contributed by atoms with van der Waals surface area (Å²) in [5.41, 5.74) is 12.2. The van der Waals surface area contributed by atoms with Crippen molar-refractivity contribution in [3.63, 3.8) is 0 Å². The van der Waals surface area contributed by atoms with Crippen molar-refractivity contribution in [2.75, 3.05) is 11.5 Å². The average Bonchev–Trinajstić information content (AvgIpc) is 2.38. The lowest BCUT2D eigenvalue weighted by Gasteiger charge is -2.12. The molecule has 0 aliphatic heterocycles. The molecule has 0 saturated carbocycles. The van der Waals surface area contributed by atoms with Crippen LogP contribution in [0.4, 0.5) is 11.6 Å². The second-order valence-corrected chi connectivity index (χ2v) is 4.70. The SMILES string of the molecule is N#Cc1c(N)nc(N)c(C#N)c1-c1ccc(Cl)cc1Cl. The molecule has 0 unspecified atom stereocenters. The number of benzene rings is 1. The van der Waals surface area contributed by atoms with Crippen molar-refractivity contribution in [1.29, 1.82) is 10.5 Å². The fourth-order valence-corrected chi connectivity index (χ4v) is 2.31. The van der Waals surface area contributed by atoms with Crippen LogP contribution < -0.4 is 11.5 Å². The first-order valence-electron chi connectivity index (χ1n) is 5.34. The summed E-state index contributed by atoms with van der Waals surface area (Å²) in [6, 6.07) is 8.54. The number of nitrogen functional groups attached to an aromatic ring is 2. The van der Waals surface area contributed by atoms with E-state index in [0.29, 0.717) is 10.6 Å². The second-order valence-electron chi connectivity index (χ2n) is 3.86. The Kier molecular flexibility index (Phi) is 3.67. The number of hydrogen-bond donors (Lipinski definition) is 2. The Morgan fingerprint density at radius 3 is 2.00 bits per heavy atom. The number of pyridine rings is 1. The van der Waals surface area contributed by atoms with E-state index in [1.54, 1.807) is 12.1 Å². The summed E-state index contributed by atoms with van der Waals surface area (Å²) in [5.74, 6) is -0.102. The Labute approximate surface area is 125 Å². The molecule has 98 valence electrons. The van der Waals surface area contributed by atoms with E-state index in [1.165, 1.54) is 6.07 Å². The summed E-state index contributed by atoms with van der Waals surface area (Å²) in [6.45, 7) is 0. The molecule has 4 N–H and O–H groups in total. The Morgan fingerprint density at radius 2 is 1.55 bits per heavy atom.